The average molecular weight is 398 g/mol. The Labute approximate surface area is 164 Å². The Morgan fingerprint density at radius 3 is 2.22 bits per heavy atom. The van der Waals surface area contributed by atoms with Gasteiger partial charge in [0, 0.05) is 25.7 Å². The summed E-state index contributed by atoms with van der Waals surface area (Å²) in [6, 6.07) is 10.6. The summed E-state index contributed by atoms with van der Waals surface area (Å²) in [7, 11) is -1.56. The van der Waals surface area contributed by atoms with Crippen molar-refractivity contribution in [2.24, 2.45) is 4.99 Å². The van der Waals surface area contributed by atoms with Gasteiger partial charge in [-0.1, -0.05) is 44.2 Å². The Kier molecular flexibility index (Phi) is 9.21. The molecule has 0 aliphatic heterocycles. The number of nitrogens with zero attached hydrogens (tertiary/aromatic N) is 2. The van der Waals surface area contributed by atoms with Crippen molar-refractivity contribution >= 4 is 16.0 Å². The lowest BCUT2D eigenvalue weighted by Crippen LogP contribution is -2.53. The average Bonchev–Trinajstić information content (AvgIpc) is 2.59. The van der Waals surface area contributed by atoms with Gasteiger partial charge in [-0.2, -0.15) is 0 Å². The Morgan fingerprint density at radius 1 is 1.15 bits per heavy atom. The van der Waals surface area contributed by atoms with Gasteiger partial charge in [0.05, 0.1) is 12.3 Å². The van der Waals surface area contributed by atoms with Crippen molar-refractivity contribution in [2.45, 2.75) is 39.3 Å². The largest absolute Gasteiger partial charge is 0.355 e. The molecule has 1 aromatic carbocycles. The Balaban J connectivity index is 2.75. The van der Waals surface area contributed by atoms with Crippen LogP contribution in [-0.4, -0.2) is 64.3 Å². The normalized spacial score (nSPS) is 14.3. The standard InChI is InChI=1S/C19H35N5O2S/c1-7-24(8-2)17(16-12-10-9-11-13-16)14-21-18(20-5)22-15-19(3,4)23-27(6,25)26/h9-13,17,23H,7-8,14-15H2,1-6H3,(H2,20,21,22). The van der Waals surface area contributed by atoms with Crippen molar-refractivity contribution in [3.8, 4) is 0 Å². The summed E-state index contributed by atoms with van der Waals surface area (Å²) in [5, 5.41) is 6.58. The molecule has 27 heavy (non-hydrogen) atoms. The molecule has 0 saturated heterocycles. The van der Waals surface area contributed by atoms with Crippen molar-refractivity contribution < 1.29 is 8.42 Å². The zero-order chi connectivity index (χ0) is 20.5. The van der Waals surface area contributed by atoms with Gasteiger partial charge in [0.1, 0.15) is 0 Å². The SMILES string of the molecule is CCN(CC)C(CNC(=NC)NCC(C)(C)NS(C)(=O)=O)c1ccccc1. The van der Waals surface area contributed by atoms with Crippen LogP contribution in [0.4, 0.5) is 0 Å². The molecular formula is C19H35N5O2S. The summed E-state index contributed by atoms with van der Waals surface area (Å²) >= 11 is 0. The van der Waals surface area contributed by atoms with Crippen LogP contribution in [0.3, 0.4) is 0 Å². The molecule has 154 valence electrons. The number of hydrogen-bond donors (Lipinski definition) is 3. The number of nitrogens with one attached hydrogen (secondary N) is 3. The van der Waals surface area contributed by atoms with Gasteiger partial charge in [0.25, 0.3) is 0 Å². The van der Waals surface area contributed by atoms with Crippen LogP contribution in [0.5, 0.6) is 0 Å². The van der Waals surface area contributed by atoms with Crippen molar-refractivity contribution in [1.82, 2.24) is 20.3 Å². The highest BCUT2D eigenvalue weighted by Crippen LogP contribution is 2.19. The lowest BCUT2D eigenvalue weighted by Gasteiger charge is -2.31. The van der Waals surface area contributed by atoms with Gasteiger partial charge in [-0.05, 0) is 32.5 Å². The zero-order valence-corrected chi connectivity index (χ0v) is 18.2. The van der Waals surface area contributed by atoms with Crippen LogP contribution in [0.15, 0.2) is 35.3 Å². The second-order valence-electron chi connectivity index (χ2n) is 7.21. The van der Waals surface area contributed by atoms with E-state index in [1.807, 2.05) is 19.9 Å². The number of benzene rings is 1. The van der Waals surface area contributed by atoms with E-state index in [1.54, 1.807) is 7.05 Å². The Morgan fingerprint density at radius 2 is 1.74 bits per heavy atom. The maximum atomic E-state index is 11.5. The molecule has 0 saturated carbocycles. The highest BCUT2D eigenvalue weighted by molar-refractivity contribution is 7.88. The number of guanidine groups is 1. The lowest BCUT2D eigenvalue weighted by molar-refractivity contribution is 0.219. The van der Waals surface area contributed by atoms with Gasteiger partial charge in [0.2, 0.25) is 10.0 Å². The predicted octanol–water partition coefficient (Wildman–Crippen LogP) is 1.56. The van der Waals surface area contributed by atoms with Gasteiger partial charge in [-0.15, -0.1) is 0 Å². The third kappa shape index (κ3) is 8.73. The summed E-state index contributed by atoms with van der Waals surface area (Å²) < 4.78 is 25.6. The highest BCUT2D eigenvalue weighted by Gasteiger charge is 2.23. The smallest absolute Gasteiger partial charge is 0.209 e. The van der Waals surface area contributed by atoms with Crippen LogP contribution in [0.1, 0.15) is 39.3 Å². The third-order valence-corrected chi connectivity index (χ3v) is 5.21. The molecule has 0 aliphatic carbocycles. The van der Waals surface area contributed by atoms with Crippen LogP contribution in [-0.2, 0) is 10.0 Å². The molecule has 0 amide bonds. The molecule has 1 unspecified atom stereocenters. The first kappa shape index (κ1) is 23.4. The molecule has 0 aliphatic rings. The van der Waals surface area contributed by atoms with E-state index < -0.39 is 15.6 Å². The summed E-state index contributed by atoms with van der Waals surface area (Å²) in [5.74, 6) is 0.645. The zero-order valence-electron chi connectivity index (χ0n) is 17.4. The van der Waals surface area contributed by atoms with Crippen LogP contribution in [0.2, 0.25) is 0 Å². The van der Waals surface area contributed by atoms with E-state index >= 15 is 0 Å². The molecule has 8 heteroatoms. The van der Waals surface area contributed by atoms with Crippen molar-refractivity contribution in [3.05, 3.63) is 35.9 Å². The molecule has 1 rings (SSSR count). The number of sulfonamides is 1. The maximum absolute atomic E-state index is 11.5. The van der Waals surface area contributed by atoms with Crippen molar-refractivity contribution in [1.29, 1.82) is 0 Å². The second-order valence-corrected chi connectivity index (χ2v) is 8.96. The summed E-state index contributed by atoms with van der Waals surface area (Å²) in [6.07, 6.45) is 1.16. The monoisotopic (exact) mass is 397 g/mol. The molecule has 0 radical (unpaired) electrons. The minimum absolute atomic E-state index is 0.224. The Hall–Kier alpha value is -1.64. The number of likely N-dealkylation sites (N-methyl/N-ethyl adjacent to an activating group) is 1. The molecule has 0 bridgehead atoms. The number of aliphatic imine (C=N–C) groups is 1. The Bertz CT molecular complexity index is 685. The maximum Gasteiger partial charge on any atom is 0.209 e. The number of hydrogen-bond acceptors (Lipinski definition) is 4. The second kappa shape index (κ2) is 10.6. The van der Waals surface area contributed by atoms with E-state index in [1.165, 1.54) is 5.56 Å². The first-order chi connectivity index (χ1) is 12.6. The topological polar surface area (TPSA) is 85.8 Å². The molecule has 1 aromatic rings. The molecule has 3 N–H and O–H groups in total. The lowest BCUT2D eigenvalue weighted by atomic mass is 10.1. The molecule has 1 atom stereocenters. The van der Waals surface area contributed by atoms with Crippen LogP contribution >= 0.6 is 0 Å². The van der Waals surface area contributed by atoms with E-state index in [-0.39, 0.29) is 6.04 Å². The summed E-state index contributed by atoms with van der Waals surface area (Å²) in [5.41, 5.74) is 0.631. The third-order valence-electron chi connectivity index (χ3n) is 4.28. The first-order valence-corrected chi connectivity index (χ1v) is 11.2. The van der Waals surface area contributed by atoms with E-state index in [0.29, 0.717) is 19.0 Å². The van der Waals surface area contributed by atoms with E-state index in [4.69, 9.17) is 0 Å². The van der Waals surface area contributed by atoms with Gasteiger partial charge in [0.15, 0.2) is 5.96 Å². The molecular weight excluding hydrogens is 362 g/mol. The molecule has 0 fully saturated rings. The van der Waals surface area contributed by atoms with E-state index in [0.717, 1.165) is 19.3 Å². The van der Waals surface area contributed by atoms with Crippen molar-refractivity contribution in [3.63, 3.8) is 0 Å². The fourth-order valence-electron chi connectivity index (χ4n) is 3.05. The quantitative estimate of drug-likeness (QED) is 0.412. The van der Waals surface area contributed by atoms with Crippen LogP contribution in [0.25, 0.3) is 0 Å². The van der Waals surface area contributed by atoms with E-state index in [9.17, 15) is 8.42 Å². The molecule has 0 aromatic heterocycles. The number of rotatable bonds is 10. The minimum Gasteiger partial charge on any atom is -0.355 e. The fraction of sp³-hybridized carbons (Fsp3) is 0.632. The fourth-order valence-corrected chi connectivity index (χ4v) is 4.13. The predicted molar refractivity (Wildman–Crippen MR) is 114 cm³/mol. The summed E-state index contributed by atoms with van der Waals surface area (Å²) in [4.78, 5) is 6.66. The molecule has 0 heterocycles. The van der Waals surface area contributed by atoms with Gasteiger partial charge < -0.3 is 10.6 Å². The first-order valence-electron chi connectivity index (χ1n) is 9.34. The van der Waals surface area contributed by atoms with Gasteiger partial charge >= 0.3 is 0 Å². The van der Waals surface area contributed by atoms with Gasteiger partial charge in [-0.3, -0.25) is 9.89 Å². The van der Waals surface area contributed by atoms with Crippen LogP contribution in [0, 0.1) is 0 Å². The highest BCUT2D eigenvalue weighted by atomic mass is 32.2. The summed E-state index contributed by atoms with van der Waals surface area (Å²) in [6.45, 7) is 11.0. The molecule has 0 spiro atoms. The molecule has 7 nitrogen and oxygen atoms in total. The van der Waals surface area contributed by atoms with Crippen LogP contribution < -0.4 is 15.4 Å². The van der Waals surface area contributed by atoms with Crippen molar-refractivity contribution in [2.75, 3.05) is 39.5 Å². The van der Waals surface area contributed by atoms with E-state index in [2.05, 4.69) is 63.4 Å². The minimum atomic E-state index is -3.27. The van der Waals surface area contributed by atoms with Gasteiger partial charge in [-0.25, -0.2) is 13.1 Å².